The standard InChI is InChI=1S/C15H21NO4/c1-9-8-11(6-7-12(9)17)13(18)16-10(2)14(19)20-15(3,4)5/h6-8,10,17H,1-5H3,(H,16,18)/t10-/m1/s1. The smallest absolute Gasteiger partial charge is 0.328 e. The number of aromatic hydroxyl groups is 1. The predicted molar refractivity (Wildman–Crippen MR) is 75.6 cm³/mol. The monoisotopic (exact) mass is 279 g/mol. The molecule has 1 aromatic carbocycles. The Morgan fingerprint density at radius 2 is 1.90 bits per heavy atom. The zero-order valence-corrected chi connectivity index (χ0v) is 12.5. The van der Waals surface area contributed by atoms with Gasteiger partial charge in [-0.15, -0.1) is 0 Å². The van der Waals surface area contributed by atoms with Crippen LogP contribution < -0.4 is 5.32 Å². The topological polar surface area (TPSA) is 75.6 Å². The molecule has 0 fully saturated rings. The number of phenolic OH excluding ortho intramolecular Hbond substituents is 1. The lowest BCUT2D eigenvalue weighted by molar-refractivity contribution is -0.156. The Morgan fingerprint density at radius 3 is 2.40 bits per heavy atom. The van der Waals surface area contributed by atoms with Crippen LogP contribution in [0, 0.1) is 6.92 Å². The summed E-state index contributed by atoms with van der Waals surface area (Å²) in [6, 6.07) is 3.77. The normalized spacial score (nSPS) is 12.7. The van der Waals surface area contributed by atoms with E-state index in [1.165, 1.54) is 12.1 Å². The molecule has 0 unspecified atom stereocenters. The molecule has 5 nitrogen and oxygen atoms in total. The average molecular weight is 279 g/mol. The Morgan fingerprint density at radius 1 is 1.30 bits per heavy atom. The maximum absolute atomic E-state index is 12.0. The number of carbonyl (C=O) groups excluding carboxylic acids is 2. The summed E-state index contributed by atoms with van der Waals surface area (Å²) in [5.41, 5.74) is 0.392. The van der Waals surface area contributed by atoms with Gasteiger partial charge in [-0.25, -0.2) is 4.79 Å². The molecule has 0 spiro atoms. The van der Waals surface area contributed by atoms with Crippen LogP contribution in [0.2, 0.25) is 0 Å². The molecule has 0 aromatic heterocycles. The molecule has 0 saturated heterocycles. The van der Waals surface area contributed by atoms with Gasteiger partial charge in [-0.2, -0.15) is 0 Å². The van der Waals surface area contributed by atoms with Crippen molar-refractivity contribution in [2.45, 2.75) is 46.3 Å². The first-order valence-electron chi connectivity index (χ1n) is 6.43. The number of esters is 1. The Balaban J connectivity index is 2.70. The third-order valence-corrected chi connectivity index (χ3v) is 2.57. The van der Waals surface area contributed by atoms with Gasteiger partial charge < -0.3 is 15.2 Å². The van der Waals surface area contributed by atoms with Gasteiger partial charge in [0.25, 0.3) is 5.91 Å². The second kappa shape index (κ2) is 5.94. The second-order valence-corrected chi connectivity index (χ2v) is 5.73. The fraction of sp³-hybridized carbons (Fsp3) is 0.467. The third-order valence-electron chi connectivity index (χ3n) is 2.57. The summed E-state index contributed by atoms with van der Waals surface area (Å²) in [5.74, 6) is -0.741. The highest BCUT2D eigenvalue weighted by Crippen LogP contribution is 2.17. The van der Waals surface area contributed by atoms with Gasteiger partial charge in [0.1, 0.15) is 17.4 Å². The highest BCUT2D eigenvalue weighted by molar-refractivity contribution is 5.97. The number of hydrogen-bond donors (Lipinski definition) is 2. The van der Waals surface area contributed by atoms with E-state index in [2.05, 4.69) is 5.32 Å². The van der Waals surface area contributed by atoms with E-state index < -0.39 is 17.6 Å². The van der Waals surface area contributed by atoms with E-state index >= 15 is 0 Å². The van der Waals surface area contributed by atoms with Gasteiger partial charge in [-0.1, -0.05) is 0 Å². The van der Waals surface area contributed by atoms with Gasteiger partial charge in [0.05, 0.1) is 0 Å². The quantitative estimate of drug-likeness (QED) is 0.831. The number of ether oxygens (including phenoxy) is 1. The number of hydrogen-bond acceptors (Lipinski definition) is 4. The largest absolute Gasteiger partial charge is 0.508 e. The highest BCUT2D eigenvalue weighted by atomic mass is 16.6. The molecule has 20 heavy (non-hydrogen) atoms. The first kappa shape index (κ1) is 16.0. The molecule has 1 rings (SSSR count). The molecule has 0 bridgehead atoms. The first-order valence-corrected chi connectivity index (χ1v) is 6.43. The molecule has 2 N–H and O–H groups in total. The molecular formula is C15H21NO4. The third kappa shape index (κ3) is 4.57. The lowest BCUT2D eigenvalue weighted by Gasteiger charge is -2.22. The van der Waals surface area contributed by atoms with Crippen LogP contribution >= 0.6 is 0 Å². The molecule has 0 saturated carbocycles. The van der Waals surface area contributed by atoms with Crippen LogP contribution in [0.15, 0.2) is 18.2 Å². The van der Waals surface area contributed by atoms with Crippen LogP contribution in [0.5, 0.6) is 5.75 Å². The molecule has 1 aromatic rings. The Labute approximate surface area is 118 Å². The number of rotatable bonds is 3. The van der Waals surface area contributed by atoms with Gasteiger partial charge >= 0.3 is 5.97 Å². The van der Waals surface area contributed by atoms with Crippen molar-refractivity contribution < 1.29 is 19.4 Å². The first-order chi connectivity index (χ1) is 9.10. The molecular weight excluding hydrogens is 258 g/mol. The van der Waals surface area contributed by atoms with E-state index in [-0.39, 0.29) is 11.7 Å². The maximum Gasteiger partial charge on any atom is 0.328 e. The van der Waals surface area contributed by atoms with Gasteiger partial charge in [0.15, 0.2) is 0 Å². The van der Waals surface area contributed by atoms with Crippen molar-refractivity contribution in [3.8, 4) is 5.75 Å². The highest BCUT2D eigenvalue weighted by Gasteiger charge is 2.23. The van der Waals surface area contributed by atoms with Crippen molar-refractivity contribution in [3.63, 3.8) is 0 Å². The fourth-order valence-corrected chi connectivity index (χ4v) is 1.53. The van der Waals surface area contributed by atoms with Crippen molar-refractivity contribution in [2.24, 2.45) is 0 Å². The summed E-state index contributed by atoms with van der Waals surface area (Å²) in [4.78, 5) is 23.8. The van der Waals surface area contributed by atoms with Crippen molar-refractivity contribution in [1.29, 1.82) is 0 Å². The van der Waals surface area contributed by atoms with Crippen molar-refractivity contribution in [2.75, 3.05) is 0 Å². The minimum Gasteiger partial charge on any atom is -0.508 e. The van der Waals surface area contributed by atoms with Gasteiger partial charge in [-0.3, -0.25) is 4.79 Å². The molecule has 0 radical (unpaired) electrons. The number of nitrogens with one attached hydrogen (secondary N) is 1. The Hall–Kier alpha value is -2.04. The summed E-state index contributed by atoms with van der Waals surface area (Å²) in [6.07, 6.45) is 0. The fourth-order valence-electron chi connectivity index (χ4n) is 1.53. The van der Waals surface area contributed by atoms with E-state index in [0.717, 1.165) is 0 Å². The summed E-state index contributed by atoms with van der Waals surface area (Å²) in [6.45, 7) is 8.57. The van der Waals surface area contributed by atoms with Crippen molar-refractivity contribution >= 4 is 11.9 Å². The summed E-state index contributed by atoms with van der Waals surface area (Å²) in [7, 11) is 0. The molecule has 0 aliphatic carbocycles. The second-order valence-electron chi connectivity index (χ2n) is 5.73. The summed E-state index contributed by atoms with van der Waals surface area (Å²) in [5, 5.41) is 12.0. The van der Waals surface area contributed by atoms with E-state index in [4.69, 9.17) is 4.74 Å². The minimum absolute atomic E-state index is 0.127. The van der Waals surface area contributed by atoms with Gasteiger partial charge in [0, 0.05) is 5.56 Å². The van der Waals surface area contributed by atoms with E-state index in [1.807, 2.05) is 0 Å². The van der Waals surface area contributed by atoms with Crippen LogP contribution in [0.25, 0.3) is 0 Å². The van der Waals surface area contributed by atoms with E-state index in [9.17, 15) is 14.7 Å². The van der Waals surface area contributed by atoms with Gasteiger partial charge in [-0.05, 0) is 58.4 Å². The molecule has 110 valence electrons. The van der Waals surface area contributed by atoms with Gasteiger partial charge in [0.2, 0.25) is 0 Å². The Kier molecular flexibility index (Phi) is 4.76. The number of phenols is 1. The molecule has 5 heteroatoms. The molecule has 1 atom stereocenters. The van der Waals surface area contributed by atoms with E-state index in [0.29, 0.717) is 11.1 Å². The molecule has 0 aliphatic rings. The predicted octanol–water partition coefficient (Wildman–Crippen LogP) is 2.16. The number of benzene rings is 1. The van der Waals surface area contributed by atoms with Crippen LogP contribution in [-0.4, -0.2) is 28.6 Å². The molecule has 0 aliphatic heterocycles. The van der Waals surface area contributed by atoms with Crippen LogP contribution in [0.4, 0.5) is 0 Å². The number of carbonyl (C=O) groups is 2. The minimum atomic E-state index is -0.740. The zero-order valence-electron chi connectivity index (χ0n) is 12.5. The van der Waals surface area contributed by atoms with Crippen LogP contribution in [-0.2, 0) is 9.53 Å². The number of aryl methyl sites for hydroxylation is 1. The van der Waals surface area contributed by atoms with Crippen LogP contribution in [0.3, 0.4) is 0 Å². The number of amides is 1. The van der Waals surface area contributed by atoms with Crippen molar-refractivity contribution in [1.82, 2.24) is 5.32 Å². The lowest BCUT2D eigenvalue weighted by atomic mass is 10.1. The molecule has 1 amide bonds. The molecule has 0 heterocycles. The zero-order chi connectivity index (χ0) is 15.5. The van der Waals surface area contributed by atoms with Crippen LogP contribution in [0.1, 0.15) is 43.6 Å². The Bertz CT molecular complexity index is 517. The van der Waals surface area contributed by atoms with Crippen molar-refractivity contribution in [3.05, 3.63) is 29.3 Å². The summed E-state index contributed by atoms with van der Waals surface area (Å²) >= 11 is 0. The maximum atomic E-state index is 12.0. The lowest BCUT2D eigenvalue weighted by Crippen LogP contribution is -2.42. The SMILES string of the molecule is Cc1cc(C(=O)N[C@H](C)C(=O)OC(C)(C)C)ccc1O. The van der Waals surface area contributed by atoms with E-state index in [1.54, 1.807) is 40.7 Å². The average Bonchev–Trinajstić information content (AvgIpc) is 2.30. The summed E-state index contributed by atoms with van der Waals surface area (Å²) < 4.78 is 5.19.